The molecule has 0 saturated carbocycles. The summed E-state index contributed by atoms with van der Waals surface area (Å²) in [5, 5.41) is 9.90. The van der Waals surface area contributed by atoms with E-state index in [1.807, 2.05) is 6.08 Å². The number of amides is 1. The molecule has 0 aromatic heterocycles. The standard InChI is InChI=1S/C12H14N2O3S3/c1-2-13-5-6-19-9(13)4-3-8-11(17)14(7-10(15)16)12(18)20-8/h3-4H,2,5-7H2,1H3,(H,15,16)/b8-3+,9-4+. The minimum Gasteiger partial charge on any atom is -0.480 e. The molecule has 20 heavy (non-hydrogen) atoms. The average Bonchev–Trinajstić information content (AvgIpc) is 2.95. The molecule has 0 bridgehead atoms. The Bertz CT molecular complexity index is 516. The largest absolute Gasteiger partial charge is 0.480 e. The van der Waals surface area contributed by atoms with Crippen molar-refractivity contribution < 1.29 is 14.7 Å². The number of rotatable bonds is 4. The minimum absolute atomic E-state index is 0.300. The van der Waals surface area contributed by atoms with Crippen molar-refractivity contribution in [1.29, 1.82) is 0 Å². The smallest absolute Gasteiger partial charge is 0.323 e. The highest BCUT2D eigenvalue weighted by atomic mass is 32.2. The van der Waals surface area contributed by atoms with Gasteiger partial charge in [-0.15, -0.1) is 11.8 Å². The van der Waals surface area contributed by atoms with Crippen LogP contribution in [0.15, 0.2) is 22.1 Å². The van der Waals surface area contributed by atoms with Crippen LogP contribution >= 0.6 is 35.7 Å². The molecular formula is C12H14N2O3S3. The number of thiocarbonyl (C=S) groups is 1. The quantitative estimate of drug-likeness (QED) is 0.622. The van der Waals surface area contributed by atoms with Crippen LogP contribution in [0.5, 0.6) is 0 Å². The molecule has 1 N–H and O–H groups in total. The molecule has 108 valence electrons. The molecule has 2 rings (SSSR count). The predicted octanol–water partition coefficient (Wildman–Crippen LogP) is 1.73. The highest BCUT2D eigenvalue weighted by Gasteiger charge is 2.33. The van der Waals surface area contributed by atoms with Crippen LogP contribution in [0.25, 0.3) is 0 Å². The molecule has 0 spiro atoms. The molecule has 2 fully saturated rings. The molecule has 1 amide bonds. The molecule has 2 aliphatic rings. The van der Waals surface area contributed by atoms with Gasteiger partial charge in [0.05, 0.1) is 9.93 Å². The van der Waals surface area contributed by atoms with Crippen LogP contribution in [-0.2, 0) is 9.59 Å². The fourth-order valence-electron chi connectivity index (χ4n) is 1.86. The SMILES string of the molecule is CCN1CCS/C1=C/C=C1/SC(=S)N(CC(=O)O)C1=O. The molecule has 2 heterocycles. The Hall–Kier alpha value is -0.990. The molecule has 5 nitrogen and oxygen atoms in total. The van der Waals surface area contributed by atoms with Gasteiger partial charge in [0, 0.05) is 18.8 Å². The van der Waals surface area contributed by atoms with Crippen molar-refractivity contribution in [3.63, 3.8) is 0 Å². The Morgan fingerprint density at radius 1 is 1.50 bits per heavy atom. The van der Waals surface area contributed by atoms with Gasteiger partial charge in [-0.1, -0.05) is 24.0 Å². The molecule has 0 atom stereocenters. The number of carboxylic acid groups (broad SMARTS) is 1. The van der Waals surface area contributed by atoms with E-state index in [-0.39, 0.29) is 12.5 Å². The normalized spacial score (nSPS) is 23.4. The van der Waals surface area contributed by atoms with E-state index in [1.165, 1.54) is 0 Å². The van der Waals surface area contributed by atoms with Gasteiger partial charge in [0.25, 0.3) is 5.91 Å². The van der Waals surface area contributed by atoms with Crippen LogP contribution in [-0.4, -0.2) is 56.5 Å². The van der Waals surface area contributed by atoms with E-state index in [9.17, 15) is 9.59 Å². The molecule has 2 aliphatic heterocycles. The lowest BCUT2D eigenvalue weighted by molar-refractivity contribution is -0.140. The summed E-state index contributed by atoms with van der Waals surface area (Å²) in [7, 11) is 0. The third-order valence-electron chi connectivity index (χ3n) is 2.85. The van der Waals surface area contributed by atoms with E-state index in [2.05, 4.69) is 11.8 Å². The Kier molecular flexibility index (Phi) is 5.11. The lowest BCUT2D eigenvalue weighted by Gasteiger charge is -2.15. The first-order chi connectivity index (χ1) is 9.52. The summed E-state index contributed by atoms with van der Waals surface area (Å²) in [6.07, 6.45) is 3.64. The number of aliphatic carboxylic acids is 1. The first-order valence-corrected chi connectivity index (χ1v) is 8.29. The van der Waals surface area contributed by atoms with E-state index in [1.54, 1.807) is 17.8 Å². The van der Waals surface area contributed by atoms with E-state index in [0.29, 0.717) is 9.23 Å². The van der Waals surface area contributed by atoms with E-state index >= 15 is 0 Å². The Balaban J connectivity index is 2.12. The number of hydrogen-bond donors (Lipinski definition) is 1. The van der Waals surface area contributed by atoms with Crippen molar-refractivity contribution in [1.82, 2.24) is 9.80 Å². The zero-order valence-corrected chi connectivity index (χ0v) is 13.3. The second kappa shape index (κ2) is 6.64. The molecule has 0 unspecified atom stereocenters. The third-order valence-corrected chi connectivity index (χ3v) is 5.32. The summed E-state index contributed by atoms with van der Waals surface area (Å²) in [6, 6.07) is 0. The topological polar surface area (TPSA) is 60.9 Å². The summed E-state index contributed by atoms with van der Waals surface area (Å²) in [4.78, 5) is 26.6. The lowest BCUT2D eigenvalue weighted by atomic mass is 10.4. The average molecular weight is 330 g/mol. The van der Waals surface area contributed by atoms with Gasteiger partial charge in [0.1, 0.15) is 10.9 Å². The van der Waals surface area contributed by atoms with Gasteiger partial charge < -0.3 is 10.0 Å². The maximum atomic E-state index is 12.0. The molecule has 2 saturated heterocycles. The second-order valence-corrected chi connectivity index (χ2v) is 6.91. The number of nitrogens with zero attached hydrogens (tertiary/aromatic N) is 2. The minimum atomic E-state index is -1.07. The number of thioether (sulfide) groups is 2. The first-order valence-electron chi connectivity index (χ1n) is 6.08. The first kappa shape index (κ1) is 15.4. The van der Waals surface area contributed by atoms with Crippen molar-refractivity contribution in [2.45, 2.75) is 6.92 Å². The Morgan fingerprint density at radius 2 is 2.25 bits per heavy atom. The Labute approximate surface area is 131 Å². The fraction of sp³-hybridized carbons (Fsp3) is 0.417. The van der Waals surface area contributed by atoms with Gasteiger partial charge >= 0.3 is 5.97 Å². The summed E-state index contributed by atoms with van der Waals surface area (Å²) < 4.78 is 0.300. The number of carboxylic acids is 1. The zero-order valence-electron chi connectivity index (χ0n) is 10.9. The summed E-state index contributed by atoms with van der Waals surface area (Å²) in [5.41, 5.74) is 0. The molecule has 0 radical (unpaired) electrons. The number of hydrogen-bond acceptors (Lipinski definition) is 6. The van der Waals surface area contributed by atoms with Crippen molar-refractivity contribution >= 4 is 51.9 Å². The number of carbonyl (C=O) groups excluding carboxylic acids is 1. The molecule has 0 aliphatic carbocycles. The van der Waals surface area contributed by atoms with Crippen LogP contribution in [0, 0.1) is 0 Å². The van der Waals surface area contributed by atoms with Gasteiger partial charge in [-0.05, 0) is 19.1 Å². The number of carbonyl (C=O) groups is 2. The highest BCUT2D eigenvalue weighted by Crippen LogP contribution is 2.32. The van der Waals surface area contributed by atoms with E-state index in [4.69, 9.17) is 17.3 Å². The molecular weight excluding hydrogens is 316 g/mol. The number of allylic oxidation sites excluding steroid dienone is 2. The van der Waals surface area contributed by atoms with Crippen molar-refractivity contribution in [2.24, 2.45) is 0 Å². The van der Waals surface area contributed by atoms with Crippen LogP contribution in [0.2, 0.25) is 0 Å². The molecule has 0 aromatic rings. The van der Waals surface area contributed by atoms with Crippen molar-refractivity contribution in [2.75, 3.05) is 25.4 Å². The lowest BCUT2D eigenvalue weighted by Crippen LogP contribution is -2.33. The van der Waals surface area contributed by atoms with Crippen LogP contribution in [0.3, 0.4) is 0 Å². The monoisotopic (exact) mass is 330 g/mol. The van der Waals surface area contributed by atoms with Crippen LogP contribution < -0.4 is 0 Å². The van der Waals surface area contributed by atoms with Crippen molar-refractivity contribution in [3.05, 3.63) is 22.1 Å². The third kappa shape index (κ3) is 3.36. The summed E-state index contributed by atoms with van der Waals surface area (Å²) >= 11 is 7.94. The summed E-state index contributed by atoms with van der Waals surface area (Å²) in [5.74, 6) is -0.345. The highest BCUT2D eigenvalue weighted by molar-refractivity contribution is 8.26. The maximum Gasteiger partial charge on any atom is 0.323 e. The fourth-order valence-corrected chi connectivity index (χ4v) is 4.15. The Morgan fingerprint density at radius 3 is 2.90 bits per heavy atom. The van der Waals surface area contributed by atoms with Gasteiger partial charge in [-0.3, -0.25) is 14.5 Å². The van der Waals surface area contributed by atoms with Gasteiger partial charge in [-0.2, -0.15) is 0 Å². The van der Waals surface area contributed by atoms with Crippen LogP contribution in [0.4, 0.5) is 0 Å². The molecule has 8 heteroatoms. The van der Waals surface area contributed by atoms with E-state index in [0.717, 1.165) is 40.5 Å². The zero-order chi connectivity index (χ0) is 14.7. The second-order valence-electron chi connectivity index (χ2n) is 4.12. The molecule has 0 aromatic carbocycles. The van der Waals surface area contributed by atoms with Gasteiger partial charge in [0.15, 0.2) is 0 Å². The van der Waals surface area contributed by atoms with Crippen LogP contribution in [0.1, 0.15) is 6.92 Å². The van der Waals surface area contributed by atoms with Crippen molar-refractivity contribution in [3.8, 4) is 0 Å². The van der Waals surface area contributed by atoms with Gasteiger partial charge in [-0.25, -0.2) is 0 Å². The van der Waals surface area contributed by atoms with E-state index < -0.39 is 5.97 Å². The maximum absolute atomic E-state index is 12.0. The van der Waals surface area contributed by atoms with Gasteiger partial charge in [0.2, 0.25) is 0 Å². The summed E-state index contributed by atoms with van der Waals surface area (Å²) in [6.45, 7) is 3.66. The predicted molar refractivity (Wildman–Crippen MR) is 85.4 cm³/mol.